The number of allylic oxidation sites excluding steroid dienone is 1. The van der Waals surface area contributed by atoms with Crippen LogP contribution in [0, 0.1) is 0 Å². The monoisotopic (exact) mass is 415 g/mol. The summed E-state index contributed by atoms with van der Waals surface area (Å²) >= 11 is 0. The Morgan fingerprint density at radius 3 is 1.90 bits per heavy atom. The molecule has 0 aliphatic rings. The molecule has 0 atom stereocenters. The molecule has 3 rings (SSSR count). The molecule has 2 N–H and O–H groups in total. The Morgan fingerprint density at radius 1 is 0.806 bits per heavy atom. The van der Waals surface area contributed by atoms with Gasteiger partial charge in [-0.3, -0.25) is 0 Å². The highest BCUT2D eigenvalue weighted by molar-refractivity contribution is 6.58. The topological polar surface area (TPSA) is 52.9 Å². The van der Waals surface area contributed by atoms with Crippen molar-refractivity contribution in [1.29, 1.82) is 0 Å². The molecule has 3 aromatic carbocycles. The maximum Gasteiger partial charge on any atom is 0.488 e. The molecular formula is C26H30BNO3. The zero-order chi connectivity index (χ0) is 22.2. The van der Waals surface area contributed by atoms with Crippen LogP contribution in [0.5, 0.6) is 5.75 Å². The molecule has 0 bridgehead atoms. The summed E-state index contributed by atoms with van der Waals surface area (Å²) < 4.78 is 5.86. The lowest BCUT2D eigenvalue weighted by molar-refractivity contribution is 0.261. The van der Waals surface area contributed by atoms with Gasteiger partial charge < -0.3 is 19.7 Å². The van der Waals surface area contributed by atoms with E-state index in [0.29, 0.717) is 12.1 Å². The quantitative estimate of drug-likeness (QED) is 0.414. The lowest BCUT2D eigenvalue weighted by Gasteiger charge is -2.17. The Balaban J connectivity index is 2.03. The summed E-state index contributed by atoms with van der Waals surface area (Å²) in [4.78, 5) is 2.09. The Kier molecular flexibility index (Phi) is 8.07. The minimum atomic E-state index is -1.47. The van der Waals surface area contributed by atoms with E-state index in [9.17, 15) is 10.0 Å². The number of hydrogen-bond donors (Lipinski definition) is 2. The Hall–Kier alpha value is -2.86. The number of nitrogens with zero attached hydrogens (tertiary/aromatic N) is 1. The molecule has 31 heavy (non-hydrogen) atoms. The molecule has 0 aromatic heterocycles. The van der Waals surface area contributed by atoms with Crippen LogP contribution in [-0.4, -0.2) is 49.3 Å². The van der Waals surface area contributed by atoms with Gasteiger partial charge in [-0.1, -0.05) is 73.7 Å². The average Bonchev–Trinajstić information content (AvgIpc) is 2.78. The first-order valence-corrected chi connectivity index (χ1v) is 10.6. The highest BCUT2D eigenvalue weighted by Crippen LogP contribution is 2.34. The Labute approximate surface area is 185 Å². The summed E-state index contributed by atoms with van der Waals surface area (Å²) in [6, 6.07) is 26.0. The number of ether oxygens (including phenoxy) is 1. The van der Waals surface area contributed by atoms with Gasteiger partial charge in [0.05, 0.1) is 0 Å². The molecule has 3 aromatic rings. The average molecular weight is 415 g/mol. The fourth-order valence-electron chi connectivity index (χ4n) is 3.57. The van der Waals surface area contributed by atoms with E-state index in [-0.39, 0.29) is 0 Å². The van der Waals surface area contributed by atoms with Gasteiger partial charge in [-0.25, -0.2) is 0 Å². The summed E-state index contributed by atoms with van der Waals surface area (Å²) in [7, 11) is 2.58. The predicted molar refractivity (Wildman–Crippen MR) is 129 cm³/mol. The van der Waals surface area contributed by atoms with Gasteiger partial charge in [0.2, 0.25) is 0 Å². The lowest BCUT2D eigenvalue weighted by atomic mass is 9.79. The van der Waals surface area contributed by atoms with E-state index in [2.05, 4.69) is 48.2 Å². The van der Waals surface area contributed by atoms with Crippen molar-refractivity contribution in [1.82, 2.24) is 4.90 Å². The van der Waals surface area contributed by atoms with Crippen molar-refractivity contribution in [2.45, 2.75) is 13.3 Å². The normalized spacial score (nSPS) is 11.9. The molecule has 4 nitrogen and oxygen atoms in total. The third kappa shape index (κ3) is 6.08. The molecule has 0 spiro atoms. The largest absolute Gasteiger partial charge is 0.492 e. The zero-order valence-electron chi connectivity index (χ0n) is 18.5. The third-order valence-corrected chi connectivity index (χ3v) is 5.23. The number of benzene rings is 3. The molecule has 0 heterocycles. The van der Waals surface area contributed by atoms with E-state index in [0.717, 1.165) is 35.4 Å². The molecule has 0 saturated carbocycles. The molecule has 160 valence electrons. The van der Waals surface area contributed by atoms with Crippen molar-refractivity contribution >= 4 is 23.7 Å². The fraction of sp³-hybridized carbons (Fsp3) is 0.231. The van der Waals surface area contributed by atoms with Crippen molar-refractivity contribution in [2.24, 2.45) is 0 Å². The summed E-state index contributed by atoms with van der Waals surface area (Å²) in [5.74, 6) is 0.849. The van der Waals surface area contributed by atoms with Gasteiger partial charge in [0.25, 0.3) is 0 Å². The van der Waals surface area contributed by atoms with Crippen LogP contribution in [-0.2, 0) is 0 Å². The number of likely N-dealkylation sites (N-methyl/N-ethyl adjacent to an activating group) is 1. The second-order valence-electron chi connectivity index (χ2n) is 7.74. The fourth-order valence-corrected chi connectivity index (χ4v) is 3.57. The molecule has 0 aliphatic carbocycles. The highest BCUT2D eigenvalue weighted by atomic mass is 16.5. The minimum Gasteiger partial charge on any atom is -0.492 e. The van der Waals surface area contributed by atoms with Crippen LogP contribution >= 0.6 is 0 Å². The summed E-state index contributed by atoms with van der Waals surface area (Å²) in [6.45, 7) is 3.67. The molecule has 0 saturated heterocycles. The van der Waals surface area contributed by atoms with Crippen molar-refractivity contribution in [3.05, 3.63) is 95.6 Å². The van der Waals surface area contributed by atoms with E-state index in [1.165, 1.54) is 11.1 Å². The third-order valence-electron chi connectivity index (χ3n) is 5.23. The van der Waals surface area contributed by atoms with Gasteiger partial charge in [0.15, 0.2) is 0 Å². The molecular weight excluding hydrogens is 385 g/mol. The molecule has 5 heteroatoms. The second-order valence-corrected chi connectivity index (χ2v) is 7.74. The van der Waals surface area contributed by atoms with Gasteiger partial charge in [-0.15, -0.1) is 0 Å². The van der Waals surface area contributed by atoms with Crippen LogP contribution < -0.4 is 10.2 Å². The molecule has 0 amide bonds. The number of rotatable bonds is 9. The van der Waals surface area contributed by atoms with Gasteiger partial charge in [-0.2, -0.15) is 0 Å². The van der Waals surface area contributed by atoms with Crippen LogP contribution in [0.2, 0.25) is 0 Å². The van der Waals surface area contributed by atoms with Crippen LogP contribution in [0.4, 0.5) is 0 Å². The summed E-state index contributed by atoms with van der Waals surface area (Å²) in [5, 5.41) is 18.9. The molecule has 0 fully saturated rings. The van der Waals surface area contributed by atoms with Gasteiger partial charge in [0, 0.05) is 6.54 Å². The van der Waals surface area contributed by atoms with Crippen molar-refractivity contribution in [2.75, 3.05) is 27.2 Å². The SMILES string of the molecule is CC/C(=C(\c1ccc(OCCN(C)C)cc1)c1ccc(B(O)O)cc1)c1ccccc1. The summed E-state index contributed by atoms with van der Waals surface area (Å²) in [5.41, 5.74) is 6.15. The number of hydrogen-bond acceptors (Lipinski definition) is 4. The Bertz CT molecular complexity index is 981. The van der Waals surface area contributed by atoms with Crippen molar-refractivity contribution in [3.8, 4) is 5.75 Å². The highest BCUT2D eigenvalue weighted by Gasteiger charge is 2.15. The molecule has 0 aliphatic heterocycles. The van der Waals surface area contributed by atoms with E-state index in [1.54, 1.807) is 12.1 Å². The smallest absolute Gasteiger partial charge is 0.488 e. The van der Waals surface area contributed by atoms with Crippen molar-refractivity contribution in [3.63, 3.8) is 0 Å². The maximum atomic E-state index is 9.47. The first-order valence-electron chi connectivity index (χ1n) is 10.6. The Morgan fingerprint density at radius 2 is 1.39 bits per heavy atom. The maximum absolute atomic E-state index is 9.47. The minimum absolute atomic E-state index is 0.477. The van der Waals surface area contributed by atoms with E-state index >= 15 is 0 Å². The van der Waals surface area contributed by atoms with E-state index in [1.807, 2.05) is 44.4 Å². The predicted octanol–water partition coefficient (Wildman–Crippen LogP) is 3.68. The van der Waals surface area contributed by atoms with Crippen LogP contribution in [0.15, 0.2) is 78.9 Å². The molecule has 0 radical (unpaired) electrons. The van der Waals surface area contributed by atoms with Crippen molar-refractivity contribution < 1.29 is 14.8 Å². The van der Waals surface area contributed by atoms with Crippen LogP contribution in [0.25, 0.3) is 11.1 Å². The molecule has 0 unspecified atom stereocenters. The van der Waals surface area contributed by atoms with Gasteiger partial charge >= 0.3 is 7.12 Å². The first kappa shape index (κ1) is 22.8. The van der Waals surface area contributed by atoms with Crippen LogP contribution in [0.3, 0.4) is 0 Å². The van der Waals surface area contributed by atoms with Crippen LogP contribution in [0.1, 0.15) is 30.0 Å². The van der Waals surface area contributed by atoms with E-state index < -0.39 is 7.12 Å². The first-order chi connectivity index (χ1) is 15.0. The lowest BCUT2D eigenvalue weighted by Crippen LogP contribution is -2.29. The second kappa shape index (κ2) is 11.0. The van der Waals surface area contributed by atoms with Gasteiger partial charge in [0.1, 0.15) is 12.4 Å². The van der Waals surface area contributed by atoms with E-state index in [4.69, 9.17) is 4.74 Å². The zero-order valence-corrected chi connectivity index (χ0v) is 18.5. The standard InChI is InChI=1S/C26H30BNO3/c1-4-25(20-8-6-5-7-9-20)26(21-10-14-23(15-11-21)27(29)30)22-12-16-24(17-13-22)31-19-18-28(2)3/h5-17,29-30H,4,18-19H2,1-3H3/b26-25+. The summed E-state index contributed by atoms with van der Waals surface area (Å²) in [6.07, 6.45) is 0.866. The van der Waals surface area contributed by atoms with Gasteiger partial charge in [-0.05, 0) is 65.9 Å².